The van der Waals surface area contributed by atoms with E-state index in [9.17, 15) is 0 Å². The quantitative estimate of drug-likeness (QED) is 0.406. The first kappa shape index (κ1) is 6.35. The molecule has 0 aliphatic carbocycles. The third-order valence-electron chi connectivity index (χ3n) is 0.611. The normalized spacial score (nSPS) is 14.5. The molecular weight excluding hydrogens is 97.0 g/mol. The van der Waals surface area contributed by atoms with Crippen LogP contribution in [-0.4, -0.2) is 13.3 Å². The first-order valence-electron chi connectivity index (χ1n) is 1.84. The molecule has 0 bridgehead atoms. The summed E-state index contributed by atoms with van der Waals surface area (Å²) in [6, 6.07) is 0. The summed E-state index contributed by atoms with van der Waals surface area (Å²) in [6.07, 6.45) is 0.148. The molecule has 6 heavy (non-hydrogen) atoms. The zero-order valence-corrected chi connectivity index (χ0v) is 5.22. The lowest BCUT2D eigenvalue weighted by Gasteiger charge is -2.03. The molecule has 0 aliphatic rings. The summed E-state index contributed by atoms with van der Waals surface area (Å²) in [6.45, 7) is 1.92. The van der Waals surface area contributed by atoms with E-state index in [4.69, 9.17) is 4.52 Å². The van der Waals surface area contributed by atoms with Gasteiger partial charge in [0.2, 0.25) is 0 Å². The molecule has 0 radical (unpaired) electrons. The fourth-order valence-electron chi connectivity index (χ4n) is 0.0680. The average Bonchev–Trinajstić information content (AvgIpc) is 1.65. The molecular formula is C3H10NOP. The number of rotatable bonds is 2. The Morgan fingerprint density at radius 3 is 2.33 bits per heavy atom. The van der Waals surface area contributed by atoms with Gasteiger partial charge in [-0.25, -0.2) is 0 Å². The predicted octanol–water partition coefficient (Wildman–Crippen LogP) is 0.358. The Kier molecular flexibility index (Phi) is 3.74. The third kappa shape index (κ3) is 2.58. The fourth-order valence-corrected chi connectivity index (χ4v) is 0.204. The Morgan fingerprint density at radius 1 is 1.83 bits per heavy atom. The van der Waals surface area contributed by atoms with Crippen molar-refractivity contribution in [2.75, 3.05) is 7.05 Å². The number of hydrogen-bond acceptors (Lipinski definition) is 2. The molecule has 0 spiro atoms. The van der Waals surface area contributed by atoms with E-state index in [1.165, 1.54) is 0 Å². The van der Waals surface area contributed by atoms with Crippen LogP contribution in [0.4, 0.5) is 0 Å². The van der Waals surface area contributed by atoms with Gasteiger partial charge in [-0.3, -0.25) is 5.32 Å². The molecule has 38 valence electrons. The summed E-state index contributed by atoms with van der Waals surface area (Å²) in [7, 11) is 4.02. The summed E-state index contributed by atoms with van der Waals surface area (Å²) in [5.74, 6) is 0. The van der Waals surface area contributed by atoms with Gasteiger partial charge < -0.3 is 4.52 Å². The minimum atomic E-state index is 0.148. The van der Waals surface area contributed by atoms with Crippen LogP contribution >= 0.6 is 9.47 Å². The van der Waals surface area contributed by atoms with Crippen LogP contribution in [0, 0.1) is 0 Å². The van der Waals surface area contributed by atoms with Crippen molar-refractivity contribution < 1.29 is 4.52 Å². The van der Waals surface area contributed by atoms with Crippen molar-refractivity contribution in [2.24, 2.45) is 0 Å². The summed E-state index contributed by atoms with van der Waals surface area (Å²) < 4.78 is 4.70. The van der Waals surface area contributed by atoms with E-state index in [1.807, 2.05) is 14.0 Å². The maximum atomic E-state index is 4.70. The smallest absolute Gasteiger partial charge is 0.108 e. The summed E-state index contributed by atoms with van der Waals surface area (Å²) >= 11 is 0. The van der Waals surface area contributed by atoms with Crippen molar-refractivity contribution in [3.05, 3.63) is 0 Å². The second-order valence-corrected chi connectivity index (χ2v) is 1.34. The second kappa shape index (κ2) is 3.54. The summed E-state index contributed by atoms with van der Waals surface area (Å²) in [4.78, 5) is 0. The van der Waals surface area contributed by atoms with Gasteiger partial charge in [0.25, 0.3) is 0 Å². The Hall–Kier alpha value is 0.350. The van der Waals surface area contributed by atoms with Gasteiger partial charge in [-0.1, -0.05) is 0 Å². The van der Waals surface area contributed by atoms with Crippen molar-refractivity contribution in [3.8, 4) is 0 Å². The molecule has 1 N–H and O–H groups in total. The maximum absolute atomic E-state index is 4.70. The minimum Gasteiger partial charge on any atom is -0.348 e. The Bertz CT molecular complexity index is 30.0. The van der Waals surface area contributed by atoms with Crippen LogP contribution in [0.1, 0.15) is 6.92 Å². The number of nitrogens with one attached hydrogen (secondary N) is 1. The van der Waals surface area contributed by atoms with Crippen molar-refractivity contribution in [1.29, 1.82) is 0 Å². The second-order valence-electron chi connectivity index (χ2n) is 1.07. The Labute approximate surface area is 40.5 Å². The van der Waals surface area contributed by atoms with Gasteiger partial charge in [0.15, 0.2) is 0 Å². The molecule has 0 aliphatic heterocycles. The maximum Gasteiger partial charge on any atom is 0.108 e. The van der Waals surface area contributed by atoms with E-state index >= 15 is 0 Å². The molecule has 2 atom stereocenters. The van der Waals surface area contributed by atoms with Gasteiger partial charge in [0, 0.05) is 9.47 Å². The van der Waals surface area contributed by atoms with Gasteiger partial charge in [-0.05, 0) is 14.0 Å². The van der Waals surface area contributed by atoms with Crippen LogP contribution in [0.15, 0.2) is 0 Å². The van der Waals surface area contributed by atoms with Gasteiger partial charge >= 0.3 is 0 Å². The lowest BCUT2D eigenvalue weighted by molar-refractivity contribution is 0.230. The van der Waals surface area contributed by atoms with Crippen molar-refractivity contribution in [1.82, 2.24) is 5.32 Å². The highest BCUT2D eigenvalue weighted by atomic mass is 31.0. The standard InChI is InChI=1S/C3H10NOP/c1-3(4-2)5-6/h3-4H,6H2,1-2H3. The summed E-state index contributed by atoms with van der Waals surface area (Å²) in [5.41, 5.74) is 0. The van der Waals surface area contributed by atoms with Crippen LogP contribution in [0.2, 0.25) is 0 Å². The zero-order valence-electron chi connectivity index (χ0n) is 4.06. The van der Waals surface area contributed by atoms with Gasteiger partial charge in [0.05, 0.1) is 0 Å². The monoisotopic (exact) mass is 107 g/mol. The lowest BCUT2D eigenvalue weighted by Crippen LogP contribution is -2.20. The van der Waals surface area contributed by atoms with Gasteiger partial charge in [-0.15, -0.1) is 0 Å². The van der Waals surface area contributed by atoms with Crippen LogP contribution in [0.5, 0.6) is 0 Å². The van der Waals surface area contributed by atoms with E-state index in [0.29, 0.717) is 0 Å². The molecule has 0 aromatic rings. The molecule has 0 amide bonds. The van der Waals surface area contributed by atoms with Crippen LogP contribution < -0.4 is 5.32 Å². The van der Waals surface area contributed by atoms with Crippen molar-refractivity contribution in [3.63, 3.8) is 0 Å². The lowest BCUT2D eigenvalue weighted by atomic mass is 10.7. The molecule has 2 unspecified atom stereocenters. The molecule has 0 aromatic carbocycles. The fraction of sp³-hybridized carbons (Fsp3) is 1.00. The largest absolute Gasteiger partial charge is 0.348 e. The Morgan fingerprint density at radius 2 is 2.33 bits per heavy atom. The highest BCUT2D eigenvalue weighted by Crippen LogP contribution is 1.88. The van der Waals surface area contributed by atoms with Crippen LogP contribution in [0.25, 0.3) is 0 Å². The molecule has 0 saturated heterocycles. The van der Waals surface area contributed by atoms with Gasteiger partial charge in [-0.2, -0.15) is 0 Å². The number of hydrogen-bond donors (Lipinski definition) is 1. The minimum absolute atomic E-state index is 0.148. The molecule has 2 nitrogen and oxygen atoms in total. The summed E-state index contributed by atoms with van der Waals surface area (Å²) in [5, 5.41) is 2.87. The third-order valence-corrected chi connectivity index (χ3v) is 1.02. The molecule has 0 rings (SSSR count). The molecule has 0 heterocycles. The first-order valence-corrected chi connectivity index (χ1v) is 2.31. The topological polar surface area (TPSA) is 21.3 Å². The highest BCUT2D eigenvalue weighted by Gasteiger charge is 1.86. The van der Waals surface area contributed by atoms with Crippen molar-refractivity contribution >= 4 is 9.47 Å². The molecule has 0 fully saturated rings. The van der Waals surface area contributed by atoms with Gasteiger partial charge in [0.1, 0.15) is 6.23 Å². The van der Waals surface area contributed by atoms with E-state index in [-0.39, 0.29) is 6.23 Å². The predicted molar refractivity (Wildman–Crippen MR) is 29.3 cm³/mol. The van der Waals surface area contributed by atoms with E-state index in [1.54, 1.807) is 0 Å². The zero-order chi connectivity index (χ0) is 4.99. The van der Waals surface area contributed by atoms with E-state index in [2.05, 4.69) is 14.8 Å². The van der Waals surface area contributed by atoms with E-state index < -0.39 is 0 Å². The van der Waals surface area contributed by atoms with Crippen LogP contribution in [-0.2, 0) is 4.52 Å². The van der Waals surface area contributed by atoms with Crippen LogP contribution in [0.3, 0.4) is 0 Å². The Balaban J connectivity index is 2.75. The molecule has 0 saturated carbocycles. The molecule has 0 aromatic heterocycles. The molecule has 3 heteroatoms. The SMILES string of the molecule is CNC(C)OP. The average molecular weight is 107 g/mol. The highest BCUT2D eigenvalue weighted by molar-refractivity contribution is 7.09. The van der Waals surface area contributed by atoms with E-state index in [0.717, 1.165) is 0 Å². The first-order chi connectivity index (χ1) is 2.81. The van der Waals surface area contributed by atoms with Crippen molar-refractivity contribution in [2.45, 2.75) is 13.2 Å².